The third-order valence-corrected chi connectivity index (χ3v) is 5.79. The Bertz CT molecular complexity index is 1220. The summed E-state index contributed by atoms with van der Waals surface area (Å²) in [4.78, 5) is 37.2. The molecule has 0 bridgehead atoms. The van der Waals surface area contributed by atoms with Crippen LogP contribution in [0.2, 0.25) is 0 Å². The summed E-state index contributed by atoms with van der Waals surface area (Å²) in [5.74, 6) is -2.35. The molecule has 3 aromatic carbocycles. The summed E-state index contributed by atoms with van der Waals surface area (Å²) in [7, 11) is 0. The maximum Gasteiger partial charge on any atom is 0.303 e. The highest BCUT2D eigenvalue weighted by molar-refractivity contribution is 5.98. The van der Waals surface area contributed by atoms with Crippen LogP contribution in [0, 0.1) is 12.7 Å². The van der Waals surface area contributed by atoms with Crippen molar-refractivity contribution < 1.29 is 23.9 Å². The Balaban J connectivity index is 1.70. The van der Waals surface area contributed by atoms with E-state index in [4.69, 9.17) is 5.11 Å². The highest BCUT2D eigenvalue weighted by Crippen LogP contribution is 2.21. The van der Waals surface area contributed by atoms with Crippen molar-refractivity contribution in [3.63, 3.8) is 0 Å². The molecule has 0 aliphatic carbocycles. The molecule has 188 valence electrons. The fourth-order valence-corrected chi connectivity index (χ4v) is 3.99. The summed E-state index contributed by atoms with van der Waals surface area (Å²) < 4.78 is 13.2. The lowest BCUT2D eigenvalue weighted by molar-refractivity contribution is -0.137. The lowest BCUT2D eigenvalue weighted by Crippen LogP contribution is -2.54. The molecule has 0 fully saturated rings. The summed E-state index contributed by atoms with van der Waals surface area (Å²) in [6.45, 7) is 5.64. The predicted molar refractivity (Wildman–Crippen MR) is 137 cm³/mol. The molecule has 0 heterocycles. The highest BCUT2D eigenvalue weighted by atomic mass is 19.1. The van der Waals surface area contributed by atoms with Crippen LogP contribution in [0.15, 0.2) is 72.8 Å². The molecular weight excluding hydrogens is 459 g/mol. The van der Waals surface area contributed by atoms with Crippen LogP contribution >= 0.6 is 0 Å². The van der Waals surface area contributed by atoms with Gasteiger partial charge in [-0.3, -0.25) is 14.4 Å². The molecule has 0 spiro atoms. The zero-order chi connectivity index (χ0) is 26.3. The molecular formula is C29H31FN2O4. The summed E-state index contributed by atoms with van der Waals surface area (Å²) in [5, 5.41) is 14.7. The molecule has 0 saturated heterocycles. The predicted octanol–water partition coefficient (Wildman–Crippen LogP) is 4.90. The number of halogens is 1. The Labute approximate surface area is 210 Å². The van der Waals surface area contributed by atoms with E-state index in [-0.39, 0.29) is 18.7 Å². The van der Waals surface area contributed by atoms with E-state index >= 15 is 0 Å². The number of aryl methyl sites for hydroxylation is 1. The first-order valence-electron chi connectivity index (χ1n) is 11.8. The minimum absolute atomic E-state index is 0.0547. The van der Waals surface area contributed by atoms with Crippen molar-refractivity contribution in [2.24, 2.45) is 0 Å². The van der Waals surface area contributed by atoms with Crippen LogP contribution in [0.1, 0.15) is 48.2 Å². The van der Waals surface area contributed by atoms with Crippen molar-refractivity contribution in [3.8, 4) is 11.1 Å². The van der Waals surface area contributed by atoms with Gasteiger partial charge in [0, 0.05) is 17.5 Å². The van der Waals surface area contributed by atoms with Crippen molar-refractivity contribution in [2.75, 3.05) is 0 Å². The van der Waals surface area contributed by atoms with Gasteiger partial charge in [0.25, 0.3) is 5.91 Å². The summed E-state index contributed by atoms with van der Waals surface area (Å²) in [5.41, 5.74) is 3.61. The topological polar surface area (TPSA) is 95.5 Å². The Morgan fingerprint density at radius 2 is 1.61 bits per heavy atom. The van der Waals surface area contributed by atoms with Gasteiger partial charge >= 0.3 is 5.97 Å². The van der Waals surface area contributed by atoms with Crippen molar-refractivity contribution >= 4 is 17.8 Å². The first-order chi connectivity index (χ1) is 17.0. The molecule has 0 aliphatic rings. The van der Waals surface area contributed by atoms with Gasteiger partial charge in [-0.05, 0) is 74.6 Å². The van der Waals surface area contributed by atoms with Gasteiger partial charge in [0.15, 0.2) is 0 Å². The van der Waals surface area contributed by atoms with Crippen LogP contribution in [0.5, 0.6) is 0 Å². The minimum Gasteiger partial charge on any atom is -0.481 e. The maximum atomic E-state index is 13.2. The van der Waals surface area contributed by atoms with Crippen LogP contribution in [0.25, 0.3) is 11.1 Å². The van der Waals surface area contributed by atoms with E-state index in [0.717, 1.165) is 22.3 Å². The number of carbonyl (C=O) groups excluding carboxylic acids is 2. The molecule has 0 unspecified atom stereocenters. The zero-order valence-electron chi connectivity index (χ0n) is 20.7. The van der Waals surface area contributed by atoms with Gasteiger partial charge in [-0.25, -0.2) is 4.39 Å². The number of hydrogen-bond donors (Lipinski definition) is 3. The van der Waals surface area contributed by atoms with E-state index in [1.54, 1.807) is 24.3 Å². The third-order valence-electron chi connectivity index (χ3n) is 5.79. The number of hydrogen-bond acceptors (Lipinski definition) is 3. The van der Waals surface area contributed by atoms with E-state index in [1.165, 1.54) is 12.1 Å². The molecule has 36 heavy (non-hydrogen) atoms. The standard InChI is InChI=1S/C29H31FN2O4/c1-19-5-4-6-23(17-19)21-9-11-22(12-10-21)27(35)31-25(15-16-26(33)34)28(36)32-29(2,3)18-20-7-13-24(30)14-8-20/h4-14,17,25H,15-16,18H2,1-3H3,(H,31,35)(H,32,36)(H,33,34)/t25-/m0/s1. The monoisotopic (exact) mass is 490 g/mol. The van der Waals surface area contributed by atoms with Gasteiger partial charge in [-0.1, -0.05) is 54.1 Å². The number of rotatable bonds is 10. The molecule has 1 atom stereocenters. The molecule has 3 aromatic rings. The van der Waals surface area contributed by atoms with E-state index in [1.807, 2.05) is 51.1 Å². The fraction of sp³-hybridized carbons (Fsp3) is 0.276. The largest absolute Gasteiger partial charge is 0.481 e. The normalized spacial score (nSPS) is 12.0. The average molecular weight is 491 g/mol. The molecule has 0 radical (unpaired) electrons. The number of amides is 2. The van der Waals surface area contributed by atoms with Crippen molar-refractivity contribution in [3.05, 3.63) is 95.3 Å². The summed E-state index contributed by atoms with van der Waals surface area (Å²) in [6.07, 6.45) is 0.100. The van der Waals surface area contributed by atoms with Crippen LogP contribution in [-0.4, -0.2) is 34.5 Å². The molecule has 3 rings (SSSR count). The van der Waals surface area contributed by atoms with E-state index in [9.17, 15) is 18.8 Å². The van der Waals surface area contributed by atoms with Crippen molar-refractivity contribution in [1.29, 1.82) is 0 Å². The smallest absolute Gasteiger partial charge is 0.303 e. The zero-order valence-corrected chi connectivity index (χ0v) is 20.7. The number of aliphatic carboxylic acids is 1. The molecule has 3 N–H and O–H groups in total. The van der Waals surface area contributed by atoms with Gasteiger partial charge in [0.1, 0.15) is 11.9 Å². The lowest BCUT2D eigenvalue weighted by Gasteiger charge is -2.29. The summed E-state index contributed by atoms with van der Waals surface area (Å²) in [6, 6.07) is 20.0. The van der Waals surface area contributed by atoms with Crippen LogP contribution in [0.3, 0.4) is 0 Å². The van der Waals surface area contributed by atoms with Crippen molar-refractivity contribution in [1.82, 2.24) is 10.6 Å². The quantitative estimate of drug-likeness (QED) is 0.377. The Kier molecular flexibility index (Phi) is 8.59. The van der Waals surface area contributed by atoms with Crippen LogP contribution < -0.4 is 10.6 Å². The first-order valence-corrected chi connectivity index (χ1v) is 11.8. The van der Waals surface area contributed by atoms with Crippen LogP contribution in [0.4, 0.5) is 4.39 Å². The van der Waals surface area contributed by atoms with Gasteiger partial charge in [-0.2, -0.15) is 0 Å². The number of carbonyl (C=O) groups is 3. The minimum atomic E-state index is -1.06. The fourth-order valence-electron chi connectivity index (χ4n) is 3.99. The number of carboxylic acid groups (broad SMARTS) is 1. The molecule has 2 amide bonds. The molecule has 7 heteroatoms. The second kappa shape index (κ2) is 11.6. The van der Waals surface area contributed by atoms with E-state index in [2.05, 4.69) is 16.7 Å². The number of carboxylic acids is 1. The third kappa shape index (κ3) is 7.77. The van der Waals surface area contributed by atoms with Gasteiger partial charge in [0.05, 0.1) is 0 Å². The molecule has 0 aliphatic heterocycles. The van der Waals surface area contributed by atoms with E-state index < -0.39 is 29.4 Å². The Morgan fingerprint density at radius 3 is 2.22 bits per heavy atom. The number of nitrogens with one attached hydrogen (secondary N) is 2. The van der Waals surface area contributed by atoms with Gasteiger partial charge < -0.3 is 15.7 Å². The second-order valence-corrected chi connectivity index (χ2v) is 9.58. The van der Waals surface area contributed by atoms with Gasteiger partial charge in [-0.15, -0.1) is 0 Å². The van der Waals surface area contributed by atoms with Gasteiger partial charge in [0.2, 0.25) is 5.91 Å². The molecule has 0 saturated carbocycles. The second-order valence-electron chi connectivity index (χ2n) is 9.58. The van der Waals surface area contributed by atoms with Crippen molar-refractivity contribution in [2.45, 2.75) is 51.6 Å². The SMILES string of the molecule is Cc1cccc(-c2ccc(C(=O)N[C@@H](CCC(=O)O)C(=O)NC(C)(C)Cc3ccc(F)cc3)cc2)c1. The molecule has 0 aromatic heterocycles. The highest BCUT2D eigenvalue weighted by Gasteiger charge is 2.28. The van der Waals surface area contributed by atoms with E-state index in [0.29, 0.717) is 12.0 Å². The summed E-state index contributed by atoms with van der Waals surface area (Å²) >= 11 is 0. The Morgan fingerprint density at radius 1 is 0.944 bits per heavy atom. The Hall–Kier alpha value is -4.00. The first kappa shape index (κ1) is 26.6. The average Bonchev–Trinajstić information content (AvgIpc) is 2.82. The molecule has 6 nitrogen and oxygen atoms in total. The van der Waals surface area contributed by atoms with Crippen LogP contribution in [-0.2, 0) is 16.0 Å². The lowest BCUT2D eigenvalue weighted by atomic mass is 9.94. The number of benzene rings is 3. The maximum absolute atomic E-state index is 13.2.